The molecule has 0 aliphatic heterocycles. The highest BCUT2D eigenvalue weighted by Crippen LogP contribution is 2.31. The van der Waals surface area contributed by atoms with Crippen molar-refractivity contribution in [3.05, 3.63) is 59.3 Å². The SMILES string of the molecule is C=CC(=O)c1csc(S(=O)(=O)c2cc(C(=O)C=C)cs2)c1. The minimum atomic E-state index is -3.72. The first-order valence-electron chi connectivity index (χ1n) is 5.66. The normalized spacial score (nSPS) is 11.0. The summed E-state index contributed by atoms with van der Waals surface area (Å²) in [6, 6.07) is 2.64. The van der Waals surface area contributed by atoms with Gasteiger partial charge in [-0.15, -0.1) is 22.7 Å². The van der Waals surface area contributed by atoms with Crippen molar-refractivity contribution in [1.82, 2.24) is 0 Å². The van der Waals surface area contributed by atoms with Crippen LogP contribution in [-0.2, 0) is 9.84 Å². The van der Waals surface area contributed by atoms with Crippen molar-refractivity contribution in [3.63, 3.8) is 0 Å². The van der Waals surface area contributed by atoms with Gasteiger partial charge in [0.25, 0.3) is 0 Å². The fourth-order valence-electron chi connectivity index (χ4n) is 1.51. The molecule has 0 amide bonds. The van der Waals surface area contributed by atoms with Gasteiger partial charge in [-0.25, -0.2) is 8.42 Å². The van der Waals surface area contributed by atoms with Crippen molar-refractivity contribution in [1.29, 1.82) is 0 Å². The maximum Gasteiger partial charge on any atom is 0.225 e. The first-order chi connectivity index (χ1) is 9.90. The molecule has 0 aliphatic carbocycles. The minimum absolute atomic E-state index is 0.0622. The van der Waals surface area contributed by atoms with Crippen molar-refractivity contribution in [3.8, 4) is 0 Å². The number of carbonyl (C=O) groups is 2. The van der Waals surface area contributed by atoms with E-state index in [0.717, 1.165) is 34.8 Å². The molecule has 2 rings (SSSR count). The third-order valence-corrected chi connectivity index (χ3v) is 7.25. The van der Waals surface area contributed by atoms with E-state index in [-0.39, 0.29) is 31.1 Å². The second-order valence-electron chi connectivity index (χ2n) is 3.95. The summed E-state index contributed by atoms with van der Waals surface area (Å²) in [4.78, 5) is 22.9. The van der Waals surface area contributed by atoms with E-state index in [1.54, 1.807) is 0 Å². The van der Waals surface area contributed by atoms with Crippen LogP contribution in [0.25, 0.3) is 0 Å². The lowest BCUT2D eigenvalue weighted by Crippen LogP contribution is -1.98. The molecular weight excluding hydrogens is 328 g/mol. The number of rotatable bonds is 6. The molecule has 108 valence electrons. The number of thiophene rings is 2. The van der Waals surface area contributed by atoms with E-state index in [1.807, 2.05) is 0 Å². The molecule has 0 saturated heterocycles. The Hall–Kier alpha value is -1.83. The van der Waals surface area contributed by atoms with Crippen LogP contribution in [0, 0.1) is 0 Å². The molecule has 2 heterocycles. The maximum atomic E-state index is 12.4. The molecule has 2 aromatic heterocycles. The topological polar surface area (TPSA) is 68.3 Å². The molecule has 0 N–H and O–H groups in total. The van der Waals surface area contributed by atoms with E-state index in [1.165, 1.54) is 22.9 Å². The smallest absolute Gasteiger partial charge is 0.225 e. The van der Waals surface area contributed by atoms with Gasteiger partial charge in [0.15, 0.2) is 11.6 Å². The van der Waals surface area contributed by atoms with E-state index in [9.17, 15) is 18.0 Å². The number of sulfone groups is 1. The summed E-state index contributed by atoms with van der Waals surface area (Å²) in [5.74, 6) is -0.664. The lowest BCUT2D eigenvalue weighted by atomic mass is 10.2. The molecule has 2 aromatic rings. The molecule has 21 heavy (non-hydrogen) atoms. The predicted molar refractivity (Wildman–Crippen MR) is 83.1 cm³/mol. The van der Waals surface area contributed by atoms with Crippen LogP contribution >= 0.6 is 22.7 Å². The van der Waals surface area contributed by atoms with Crippen molar-refractivity contribution in [2.75, 3.05) is 0 Å². The van der Waals surface area contributed by atoms with Gasteiger partial charge >= 0.3 is 0 Å². The number of allylic oxidation sites excluding steroid dienone is 2. The molecule has 0 unspecified atom stereocenters. The second kappa shape index (κ2) is 5.88. The molecule has 0 spiro atoms. The second-order valence-corrected chi connectivity index (χ2v) is 8.17. The summed E-state index contributed by atoms with van der Waals surface area (Å²) >= 11 is 1.93. The van der Waals surface area contributed by atoms with Gasteiger partial charge in [0, 0.05) is 21.9 Å². The quantitative estimate of drug-likeness (QED) is 0.598. The average Bonchev–Trinajstić information content (AvgIpc) is 3.14. The van der Waals surface area contributed by atoms with Gasteiger partial charge in [0.05, 0.1) is 0 Å². The molecule has 0 aromatic carbocycles. The van der Waals surface area contributed by atoms with Crippen LogP contribution in [0.5, 0.6) is 0 Å². The molecular formula is C14H10O4S3. The Bertz CT molecular complexity index is 773. The Morgan fingerprint density at radius 2 is 1.29 bits per heavy atom. The molecule has 0 atom stereocenters. The predicted octanol–water partition coefficient (Wildman–Crippen LogP) is 3.38. The van der Waals surface area contributed by atoms with Crippen LogP contribution in [0.15, 0.2) is 56.6 Å². The lowest BCUT2D eigenvalue weighted by molar-refractivity contribution is 0.103. The summed E-state index contributed by atoms with van der Waals surface area (Å²) in [6.07, 6.45) is 2.26. The Morgan fingerprint density at radius 1 is 0.905 bits per heavy atom. The molecule has 4 nitrogen and oxygen atoms in total. The molecule has 0 aliphatic rings. The van der Waals surface area contributed by atoms with Crippen LogP contribution in [0.3, 0.4) is 0 Å². The monoisotopic (exact) mass is 338 g/mol. The lowest BCUT2D eigenvalue weighted by Gasteiger charge is -1.96. The van der Waals surface area contributed by atoms with Crippen molar-refractivity contribution in [2.24, 2.45) is 0 Å². The van der Waals surface area contributed by atoms with Gasteiger partial charge in [-0.3, -0.25) is 9.59 Å². The van der Waals surface area contributed by atoms with Crippen LogP contribution in [-0.4, -0.2) is 20.0 Å². The van der Waals surface area contributed by atoms with E-state index in [4.69, 9.17) is 0 Å². The van der Waals surface area contributed by atoms with E-state index < -0.39 is 9.84 Å². The van der Waals surface area contributed by atoms with Crippen LogP contribution < -0.4 is 0 Å². The van der Waals surface area contributed by atoms with Gasteiger partial charge in [0.2, 0.25) is 9.84 Å². The fraction of sp³-hybridized carbons (Fsp3) is 0. The molecule has 0 radical (unpaired) electrons. The first kappa shape index (κ1) is 15.6. The van der Waals surface area contributed by atoms with Crippen LogP contribution in [0.4, 0.5) is 0 Å². The number of hydrogen-bond acceptors (Lipinski definition) is 6. The highest BCUT2D eigenvalue weighted by Gasteiger charge is 2.23. The average molecular weight is 338 g/mol. The van der Waals surface area contributed by atoms with Crippen LogP contribution in [0.2, 0.25) is 0 Å². The van der Waals surface area contributed by atoms with Crippen molar-refractivity contribution < 1.29 is 18.0 Å². The standard InChI is InChI=1S/C14H10O4S3/c1-3-11(15)9-5-13(19-7-9)21(17,18)14-6-10(8-20-14)12(16)4-2/h3-8H,1-2H2. The van der Waals surface area contributed by atoms with E-state index in [0.29, 0.717) is 0 Å². The molecule has 7 heteroatoms. The molecule has 0 bridgehead atoms. The summed E-state index contributed by atoms with van der Waals surface area (Å²) in [6.45, 7) is 6.72. The Kier molecular flexibility index (Phi) is 4.36. The summed E-state index contributed by atoms with van der Waals surface area (Å²) in [5, 5.41) is 2.95. The fourth-order valence-corrected chi connectivity index (χ4v) is 5.51. The van der Waals surface area contributed by atoms with Gasteiger partial charge in [0.1, 0.15) is 8.42 Å². The zero-order valence-corrected chi connectivity index (χ0v) is 13.2. The maximum absolute atomic E-state index is 12.4. The Morgan fingerprint density at radius 3 is 1.62 bits per heavy atom. The summed E-state index contributed by atoms with van der Waals surface area (Å²) in [5.41, 5.74) is 0.569. The molecule has 0 saturated carbocycles. The molecule has 0 fully saturated rings. The van der Waals surface area contributed by atoms with Gasteiger partial charge in [-0.2, -0.15) is 0 Å². The zero-order chi connectivity index (χ0) is 15.6. The van der Waals surface area contributed by atoms with Crippen molar-refractivity contribution >= 4 is 44.1 Å². The van der Waals surface area contributed by atoms with Gasteiger partial charge < -0.3 is 0 Å². The zero-order valence-electron chi connectivity index (χ0n) is 10.7. The Labute approximate surface area is 130 Å². The number of hydrogen-bond donors (Lipinski definition) is 0. The van der Waals surface area contributed by atoms with Gasteiger partial charge in [-0.1, -0.05) is 13.2 Å². The first-order valence-corrected chi connectivity index (χ1v) is 8.90. The van der Waals surface area contributed by atoms with E-state index >= 15 is 0 Å². The third kappa shape index (κ3) is 2.94. The number of carbonyl (C=O) groups excluding carboxylic acids is 2. The number of ketones is 2. The van der Waals surface area contributed by atoms with Crippen LogP contribution in [0.1, 0.15) is 20.7 Å². The highest BCUT2D eigenvalue weighted by atomic mass is 32.3. The minimum Gasteiger partial charge on any atom is -0.289 e. The summed E-state index contributed by atoms with van der Waals surface area (Å²) < 4.78 is 25.0. The largest absolute Gasteiger partial charge is 0.289 e. The van der Waals surface area contributed by atoms with E-state index in [2.05, 4.69) is 13.2 Å². The third-order valence-electron chi connectivity index (χ3n) is 2.62. The highest BCUT2D eigenvalue weighted by molar-refractivity contribution is 7.95. The van der Waals surface area contributed by atoms with Gasteiger partial charge in [-0.05, 0) is 24.3 Å². The van der Waals surface area contributed by atoms with Crippen molar-refractivity contribution in [2.45, 2.75) is 8.42 Å². The summed E-state index contributed by atoms with van der Waals surface area (Å²) in [7, 11) is -3.72. The Balaban J connectivity index is 2.42.